The van der Waals surface area contributed by atoms with E-state index in [9.17, 15) is 9.00 Å². The maximum absolute atomic E-state index is 13.6. The molecular formula is C15H18N4O3S. The van der Waals surface area contributed by atoms with Crippen LogP contribution in [0.4, 0.5) is 4.79 Å². The molecule has 0 saturated carbocycles. The van der Waals surface area contributed by atoms with Crippen molar-refractivity contribution >= 4 is 15.8 Å². The first-order valence-electron chi connectivity index (χ1n) is 6.84. The smallest absolute Gasteiger partial charge is 0.349 e. The van der Waals surface area contributed by atoms with Gasteiger partial charge in [0.25, 0.3) is 0 Å². The second-order valence-corrected chi connectivity index (χ2v) is 6.91. The quantitative estimate of drug-likeness (QED) is 0.930. The zero-order valence-corrected chi connectivity index (χ0v) is 14.2. The summed E-state index contributed by atoms with van der Waals surface area (Å²) in [4.78, 5) is 20.7. The molecule has 23 heavy (non-hydrogen) atoms. The topological polar surface area (TPSA) is 93.5 Å². The number of urea groups is 1. The van der Waals surface area contributed by atoms with E-state index in [1.165, 1.54) is 20.4 Å². The first-order chi connectivity index (χ1) is 10.9. The number of amides is 2. The van der Waals surface area contributed by atoms with Crippen LogP contribution in [0.15, 0.2) is 44.6 Å². The normalized spacial score (nSPS) is 13.0. The number of rotatable bonds is 3. The van der Waals surface area contributed by atoms with Crippen LogP contribution < -0.4 is 10.1 Å². The van der Waals surface area contributed by atoms with Crippen molar-refractivity contribution in [1.82, 2.24) is 15.3 Å². The lowest BCUT2D eigenvalue weighted by molar-refractivity contribution is 0.251. The van der Waals surface area contributed by atoms with Gasteiger partial charge in [-0.05, 0) is 38.1 Å². The van der Waals surface area contributed by atoms with Crippen LogP contribution in [0.5, 0.6) is 5.88 Å². The van der Waals surface area contributed by atoms with Gasteiger partial charge < -0.3 is 10.1 Å². The van der Waals surface area contributed by atoms with Crippen LogP contribution in [-0.4, -0.2) is 34.4 Å². The third-order valence-corrected chi connectivity index (χ3v) is 5.30. The molecule has 8 heteroatoms. The van der Waals surface area contributed by atoms with Crippen molar-refractivity contribution in [2.45, 2.75) is 23.6 Å². The Morgan fingerprint density at radius 1 is 1.22 bits per heavy atom. The minimum absolute atomic E-state index is 0.170. The zero-order valence-electron chi connectivity index (χ0n) is 13.4. The maximum atomic E-state index is 13.6. The summed E-state index contributed by atoms with van der Waals surface area (Å²) in [5.41, 5.74) is 1.47. The van der Waals surface area contributed by atoms with Gasteiger partial charge in [-0.3, -0.25) is 4.98 Å². The highest BCUT2D eigenvalue weighted by atomic mass is 32.2. The minimum atomic E-state index is -3.27. The van der Waals surface area contributed by atoms with Gasteiger partial charge in [0.2, 0.25) is 5.88 Å². The SMILES string of the molecule is CNC(=O)N=[S@](=O)(c1ccc(C)nc1)c1ccc(C)nc1OC. The van der Waals surface area contributed by atoms with E-state index in [4.69, 9.17) is 4.74 Å². The lowest BCUT2D eigenvalue weighted by Crippen LogP contribution is -2.17. The van der Waals surface area contributed by atoms with Crippen LogP contribution in [0.25, 0.3) is 0 Å². The van der Waals surface area contributed by atoms with Crippen molar-refractivity contribution < 1.29 is 13.7 Å². The summed E-state index contributed by atoms with van der Waals surface area (Å²) < 4.78 is 22.7. The summed E-state index contributed by atoms with van der Waals surface area (Å²) in [6.07, 6.45) is 1.45. The fourth-order valence-corrected chi connectivity index (χ4v) is 3.73. The van der Waals surface area contributed by atoms with E-state index in [0.717, 1.165) is 5.69 Å². The van der Waals surface area contributed by atoms with Crippen LogP contribution in [0.2, 0.25) is 0 Å². The van der Waals surface area contributed by atoms with Gasteiger partial charge in [0, 0.05) is 24.6 Å². The summed E-state index contributed by atoms with van der Waals surface area (Å²) in [6, 6.07) is 5.95. The lowest BCUT2D eigenvalue weighted by Gasteiger charge is -2.13. The van der Waals surface area contributed by atoms with Gasteiger partial charge >= 0.3 is 6.03 Å². The molecule has 0 unspecified atom stereocenters. The van der Waals surface area contributed by atoms with E-state index in [-0.39, 0.29) is 10.8 Å². The first kappa shape index (κ1) is 16.9. The number of ether oxygens (including phenoxy) is 1. The van der Waals surface area contributed by atoms with E-state index < -0.39 is 15.8 Å². The molecule has 0 bridgehead atoms. The molecule has 1 atom stereocenters. The molecule has 0 aliphatic carbocycles. The number of hydrogen-bond acceptors (Lipinski definition) is 5. The van der Waals surface area contributed by atoms with E-state index in [1.807, 2.05) is 6.92 Å². The molecule has 0 aromatic carbocycles. The predicted octanol–water partition coefficient (Wildman–Crippen LogP) is 2.33. The molecule has 0 spiro atoms. The molecule has 2 heterocycles. The molecule has 7 nitrogen and oxygen atoms in total. The highest BCUT2D eigenvalue weighted by Crippen LogP contribution is 2.30. The molecule has 0 saturated heterocycles. The minimum Gasteiger partial charge on any atom is -0.480 e. The third kappa shape index (κ3) is 3.48. The van der Waals surface area contributed by atoms with Crippen molar-refractivity contribution in [3.05, 3.63) is 41.9 Å². The van der Waals surface area contributed by atoms with E-state index >= 15 is 0 Å². The largest absolute Gasteiger partial charge is 0.480 e. The Balaban J connectivity index is 2.79. The van der Waals surface area contributed by atoms with Crippen molar-refractivity contribution in [3.8, 4) is 5.88 Å². The average Bonchev–Trinajstić information content (AvgIpc) is 2.54. The highest BCUT2D eigenvalue weighted by Gasteiger charge is 2.23. The van der Waals surface area contributed by atoms with Gasteiger partial charge in [0.05, 0.1) is 12.0 Å². The Morgan fingerprint density at radius 2 is 1.91 bits per heavy atom. The van der Waals surface area contributed by atoms with E-state index in [2.05, 4.69) is 19.6 Å². The van der Waals surface area contributed by atoms with Crippen LogP contribution in [-0.2, 0) is 9.73 Å². The summed E-state index contributed by atoms with van der Waals surface area (Å²) in [5.74, 6) is 0.170. The van der Waals surface area contributed by atoms with E-state index in [1.54, 1.807) is 31.2 Å². The Bertz CT molecular complexity index is 840. The summed E-state index contributed by atoms with van der Waals surface area (Å²) in [6.45, 7) is 3.60. The molecular weight excluding hydrogens is 316 g/mol. The molecule has 2 rings (SSSR count). The van der Waals surface area contributed by atoms with E-state index in [0.29, 0.717) is 10.6 Å². The van der Waals surface area contributed by atoms with Crippen molar-refractivity contribution in [3.63, 3.8) is 0 Å². The van der Waals surface area contributed by atoms with Crippen molar-refractivity contribution in [2.24, 2.45) is 4.36 Å². The number of pyridine rings is 2. The van der Waals surface area contributed by atoms with Crippen LogP contribution >= 0.6 is 0 Å². The van der Waals surface area contributed by atoms with Crippen LogP contribution in [0, 0.1) is 13.8 Å². The standard InChI is InChI=1S/C15H18N4O3S/c1-10-5-7-12(9-17-10)23(21,19-15(20)16-3)13-8-6-11(2)18-14(13)22-4/h5-9H,1-4H3,(H,16,20)/t23-/m0/s1. The van der Waals surface area contributed by atoms with Crippen molar-refractivity contribution in [1.29, 1.82) is 0 Å². The summed E-state index contributed by atoms with van der Waals surface area (Å²) >= 11 is 0. The second-order valence-electron chi connectivity index (χ2n) is 4.77. The number of carbonyl (C=O) groups excluding carboxylic acids is 1. The number of nitrogens with zero attached hydrogens (tertiary/aromatic N) is 3. The molecule has 0 aliphatic heterocycles. The highest BCUT2D eigenvalue weighted by molar-refractivity contribution is 7.94. The fourth-order valence-electron chi connectivity index (χ4n) is 1.89. The number of hydrogen-bond donors (Lipinski definition) is 1. The monoisotopic (exact) mass is 334 g/mol. The summed E-state index contributed by atoms with van der Waals surface area (Å²) in [5, 5.41) is 2.35. The molecule has 0 radical (unpaired) electrons. The van der Waals surface area contributed by atoms with Gasteiger partial charge in [0.15, 0.2) is 0 Å². The fraction of sp³-hybridized carbons (Fsp3) is 0.267. The Labute approximate surface area is 135 Å². The molecule has 0 fully saturated rings. The molecule has 2 aromatic rings. The third-order valence-electron chi connectivity index (χ3n) is 3.09. The van der Waals surface area contributed by atoms with Gasteiger partial charge in [0.1, 0.15) is 14.6 Å². The molecule has 0 aliphatic rings. The number of aromatic nitrogens is 2. The molecule has 2 aromatic heterocycles. The molecule has 2 amide bonds. The number of aryl methyl sites for hydroxylation is 2. The number of carbonyl (C=O) groups is 1. The van der Waals surface area contributed by atoms with Crippen molar-refractivity contribution in [2.75, 3.05) is 14.2 Å². The van der Waals surface area contributed by atoms with Crippen LogP contribution in [0.1, 0.15) is 11.4 Å². The number of nitrogens with one attached hydrogen (secondary N) is 1. The number of methoxy groups -OCH3 is 1. The second kappa shape index (κ2) is 6.74. The van der Waals surface area contributed by atoms with Gasteiger partial charge in [-0.2, -0.15) is 0 Å². The maximum Gasteiger partial charge on any atom is 0.349 e. The van der Waals surface area contributed by atoms with Crippen LogP contribution in [0.3, 0.4) is 0 Å². The van der Waals surface area contributed by atoms with Gasteiger partial charge in [-0.1, -0.05) is 0 Å². The zero-order chi connectivity index (χ0) is 17.0. The molecule has 1 N–H and O–H groups in total. The Kier molecular flexibility index (Phi) is 4.95. The Morgan fingerprint density at radius 3 is 2.48 bits per heavy atom. The molecule has 122 valence electrons. The van der Waals surface area contributed by atoms with Gasteiger partial charge in [-0.15, -0.1) is 4.36 Å². The lowest BCUT2D eigenvalue weighted by atomic mass is 10.4. The first-order valence-corrected chi connectivity index (χ1v) is 8.35. The average molecular weight is 334 g/mol. The Hall–Kier alpha value is -2.48. The predicted molar refractivity (Wildman–Crippen MR) is 86.1 cm³/mol. The summed E-state index contributed by atoms with van der Waals surface area (Å²) in [7, 11) is -0.422. The van der Waals surface area contributed by atoms with Gasteiger partial charge in [-0.25, -0.2) is 14.0 Å².